The Hall–Kier alpha value is -5.97. The Balaban J connectivity index is 1.09. The van der Waals surface area contributed by atoms with E-state index in [1.165, 1.54) is 53.2 Å². The fourth-order valence-electron chi connectivity index (χ4n) is 6.35. The van der Waals surface area contributed by atoms with Gasteiger partial charge < -0.3 is 0 Å². The van der Waals surface area contributed by atoms with Crippen LogP contribution in [0.1, 0.15) is 0 Å². The van der Waals surface area contributed by atoms with Crippen LogP contribution in [0.15, 0.2) is 164 Å². The highest BCUT2D eigenvalue weighted by Gasteiger charge is 2.14. The molecule has 0 amide bonds. The zero-order chi connectivity index (χ0) is 31.2. The van der Waals surface area contributed by atoms with E-state index in [-0.39, 0.29) is 0 Å². The lowest BCUT2D eigenvalue weighted by molar-refractivity contribution is 1.07. The van der Waals surface area contributed by atoms with Gasteiger partial charge in [-0.3, -0.25) is 0 Å². The van der Waals surface area contributed by atoms with Gasteiger partial charge in [-0.2, -0.15) is 0 Å². The molecule has 0 N–H and O–H groups in total. The van der Waals surface area contributed by atoms with E-state index in [9.17, 15) is 0 Å². The lowest BCUT2D eigenvalue weighted by Gasteiger charge is -2.09. The molecule has 220 valence electrons. The van der Waals surface area contributed by atoms with Crippen LogP contribution < -0.4 is 0 Å². The Morgan fingerprint density at radius 2 is 0.894 bits per heavy atom. The Morgan fingerprint density at radius 3 is 1.62 bits per heavy atom. The lowest BCUT2D eigenvalue weighted by atomic mass is 9.96. The topological polar surface area (TPSA) is 38.7 Å². The van der Waals surface area contributed by atoms with E-state index in [4.69, 9.17) is 15.0 Å². The van der Waals surface area contributed by atoms with Crippen molar-refractivity contribution in [3.05, 3.63) is 164 Å². The monoisotopic (exact) mass is 617 g/mol. The first-order valence-electron chi connectivity index (χ1n) is 15.7. The van der Waals surface area contributed by atoms with E-state index in [0.717, 1.165) is 16.7 Å². The first-order valence-corrected chi connectivity index (χ1v) is 16.5. The van der Waals surface area contributed by atoms with Gasteiger partial charge in [0.1, 0.15) is 0 Å². The molecule has 0 fully saturated rings. The number of rotatable bonds is 5. The quantitative estimate of drug-likeness (QED) is 0.193. The molecule has 9 rings (SSSR count). The molecule has 0 unspecified atom stereocenters. The van der Waals surface area contributed by atoms with Crippen LogP contribution in [0.4, 0.5) is 0 Å². The van der Waals surface area contributed by atoms with Crippen molar-refractivity contribution in [3.8, 4) is 56.4 Å². The van der Waals surface area contributed by atoms with Crippen LogP contribution in [-0.2, 0) is 0 Å². The van der Waals surface area contributed by atoms with Gasteiger partial charge in [-0.05, 0) is 51.2 Å². The molecule has 47 heavy (non-hydrogen) atoms. The van der Waals surface area contributed by atoms with Gasteiger partial charge in [0.15, 0.2) is 17.5 Å². The SMILES string of the molecule is c1ccc(-c2nc(-c3ccccc3)nc(-c3ccc4c(c3)sc3ccc(-c5ccc(-c6cccc7ccccc67)cc5)cc34)n2)cc1. The predicted octanol–water partition coefficient (Wildman–Crippen LogP) is 11.7. The van der Waals surface area contributed by atoms with Gasteiger partial charge in [0, 0.05) is 36.9 Å². The normalized spacial score (nSPS) is 11.4. The van der Waals surface area contributed by atoms with E-state index in [0.29, 0.717) is 17.5 Å². The molecule has 3 nitrogen and oxygen atoms in total. The second-order valence-electron chi connectivity index (χ2n) is 11.7. The van der Waals surface area contributed by atoms with E-state index < -0.39 is 0 Å². The largest absolute Gasteiger partial charge is 0.208 e. The molecule has 0 bridgehead atoms. The van der Waals surface area contributed by atoms with Gasteiger partial charge in [-0.15, -0.1) is 11.3 Å². The third kappa shape index (κ3) is 5.05. The van der Waals surface area contributed by atoms with E-state index >= 15 is 0 Å². The smallest absolute Gasteiger partial charge is 0.164 e. The van der Waals surface area contributed by atoms with Crippen LogP contribution in [0.3, 0.4) is 0 Å². The van der Waals surface area contributed by atoms with Gasteiger partial charge in [0.25, 0.3) is 0 Å². The molecule has 9 aromatic rings. The summed E-state index contributed by atoms with van der Waals surface area (Å²) in [6.45, 7) is 0. The van der Waals surface area contributed by atoms with Crippen LogP contribution in [0.2, 0.25) is 0 Å². The standard InChI is InChI=1S/C43H27N3S/c1-3-11-31(12-4-1)41-44-42(32-13-5-2-6-14-32)46-43(45-41)34-22-24-37-38-26-33(23-25-39(38)47-40(37)27-34)28-18-20-30(21-19-28)36-17-9-15-29-10-7-8-16-35(29)36/h1-27H. The van der Waals surface area contributed by atoms with Crippen molar-refractivity contribution in [1.29, 1.82) is 0 Å². The summed E-state index contributed by atoms with van der Waals surface area (Å²) < 4.78 is 2.47. The molecule has 0 aliphatic heterocycles. The molecule has 7 aromatic carbocycles. The highest BCUT2D eigenvalue weighted by Crippen LogP contribution is 2.39. The maximum Gasteiger partial charge on any atom is 0.164 e. The Bertz CT molecular complexity index is 2490. The average molecular weight is 618 g/mol. The van der Waals surface area contributed by atoms with Crippen LogP contribution in [0.25, 0.3) is 87.4 Å². The first kappa shape index (κ1) is 27.3. The molecule has 2 aromatic heterocycles. The van der Waals surface area contributed by atoms with Gasteiger partial charge in [0.2, 0.25) is 0 Å². The molecular formula is C43H27N3S. The van der Waals surface area contributed by atoms with Crippen molar-refractivity contribution < 1.29 is 0 Å². The number of aromatic nitrogens is 3. The van der Waals surface area contributed by atoms with E-state index in [1.54, 1.807) is 11.3 Å². The second kappa shape index (κ2) is 11.4. The summed E-state index contributed by atoms with van der Waals surface area (Å²) in [7, 11) is 0. The Labute approximate surface area is 276 Å². The maximum absolute atomic E-state index is 4.94. The fourth-order valence-corrected chi connectivity index (χ4v) is 7.48. The van der Waals surface area contributed by atoms with Crippen LogP contribution in [0, 0.1) is 0 Å². The van der Waals surface area contributed by atoms with Crippen LogP contribution in [0.5, 0.6) is 0 Å². The molecule has 2 heterocycles. The summed E-state index contributed by atoms with van der Waals surface area (Å²) in [4.78, 5) is 14.7. The zero-order valence-corrected chi connectivity index (χ0v) is 26.2. The lowest BCUT2D eigenvalue weighted by Crippen LogP contribution is -1.99. The summed E-state index contributed by atoms with van der Waals surface area (Å²) in [6, 6.07) is 57.6. The molecule has 0 saturated carbocycles. The molecule has 0 aliphatic rings. The molecule has 4 heteroatoms. The average Bonchev–Trinajstić information content (AvgIpc) is 3.52. The number of thiophene rings is 1. The van der Waals surface area contributed by atoms with Crippen LogP contribution >= 0.6 is 11.3 Å². The van der Waals surface area contributed by atoms with Crippen molar-refractivity contribution in [2.45, 2.75) is 0 Å². The summed E-state index contributed by atoms with van der Waals surface area (Å²) in [5, 5.41) is 5.04. The highest BCUT2D eigenvalue weighted by molar-refractivity contribution is 7.25. The Kier molecular flexibility index (Phi) is 6.65. The molecule has 0 radical (unpaired) electrons. The van der Waals surface area contributed by atoms with Crippen molar-refractivity contribution >= 4 is 42.3 Å². The Morgan fingerprint density at radius 1 is 0.319 bits per heavy atom. The van der Waals surface area contributed by atoms with Crippen molar-refractivity contribution in [2.24, 2.45) is 0 Å². The van der Waals surface area contributed by atoms with Crippen molar-refractivity contribution in [2.75, 3.05) is 0 Å². The number of hydrogen-bond acceptors (Lipinski definition) is 4. The summed E-state index contributed by atoms with van der Waals surface area (Å²) >= 11 is 1.81. The van der Waals surface area contributed by atoms with Crippen molar-refractivity contribution in [1.82, 2.24) is 15.0 Å². The maximum atomic E-state index is 4.94. The fraction of sp³-hybridized carbons (Fsp3) is 0. The minimum atomic E-state index is 0.669. The molecular weight excluding hydrogens is 591 g/mol. The minimum absolute atomic E-state index is 0.669. The second-order valence-corrected chi connectivity index (χ2v) is 12.8. The minimum Gasteiger partial charge on any atom is -0.208 e. The zero-order valence-electron chi connectivity index (χ0n) is 25.3. The van der Waals surface area contributed by atoms with Gasteiger partial charge in [-0.25, -0.2) is 15.0 Å². The number of nitrogens with zero attached hydrogens (tertiary/aromatic N) is 3. The van der Waals surface area contributed by atoms with Gasteiger partial charge in [0.05, 0.1) is 0 Å². The summed E-state index contributed by atoms with van der Waals surface area (Å²) in [5.74, 6) is 2.01. The molecule has 0 spiro atoms. The van der Waals surface area contributed by atoms with Crippen LogP contribution in [-0.4, -0.2) is 15.0 Å². The molecule has 0 aliphatic carbocycles. The highest BCUT2D eigenvalue weighted by atomic mass is 32.1. The number of fused-ring (bicyclic) bond motifs is 4. The van der Waals surface area contributed by atoms with Crippen molar-refractivity contribution in [3.63, 3.8) is 0 Å². The molecule has 0 atom stereocenters. The molecule has 0 saturated heterocycles. The van der Waals surface area contributed by atoms with E-state index in [1.807, 2.05) is 60.7 Å². The van der Waals surface area contributed by atoms with Gasteiger partial charge >= 0.3 is 0 Å². The number of benzene rings is 7. The van der Waals surface area contributed by atoms with E-state index in [2.05, 4.69) is 103 Å². The summed E-state index contributed by atoms with van der Waals surface area (Å²) in [6.07, 6.45) is 0. The number of hydrogen-bond donors (Lipinski definition) is 0. The first-order chi connectivity index (χ1) is 23.3. The predicted molar refractivity (Wildman–Crippen MR) is 197 cm³/mol. The summed E-state index contributed by atoms with van der Waals surface area (Å²) in [5.41, 5.74) is 7.81. The third-order valence-electron chi connectivity index (χ3n) is 8.75. The third-order valence-corrected chi connectivity index (χ3v) is 9.88. The van der Waals surface area contributed by atoms with Gasteiger partial charge in [-0.1, -0.05) is 146 Å².